The Balaban J connectivity index is 2.64. The largest absolute Gasteiger partial charge is 0.465 e. The summed E-state index contributed by atoms with van der Waals surface area (Å²) in [6, 6.07) is 7.00. The van der Waals surface area contributed by atoms with Gasteiger partial charge in [-0.1, -0.05) is 18.7 Å². The van der Waals surface area contributed by atoms with E-state index in [0.717, 1.165) is 11.1 Å². The van der Waals surface area contributed by atoms with Crippen LogP contribution in [-0.4, -0.2) is 24.6 Å². The van der Waals surface area contributed by atoms with E-state index >= 15 is 0 Å². The molecular formula is C17H22O4. The van der Waals surface area contributed by atoms with E-state index in [-0.39, 0.29) is 12.4 Å². The van der Waals surface area contributed by atoms with Crippen molar-refractivity contribution >= 4 is 17.5 Å². The van der Waals surface area contributed by atoms with Gasteiger partial charge in [-0.3, -0.25) is 4.79 Å². The molecule has 0 heterocycles. The fraction of sp³-hybridized carbons (Fsp3) is 0.412. The van der Waals surface area contributed by atoms with Gasteiger partial charge in [-0.15, -0.1) is 0 Å². The molecule has 0 aliphatic heterocycles. The quantitative estimate of drug-likeness (QED) is 0.777. The molecule has 0 saturated carbocycles. The van der Waals surface area contributed by atoms with Gasteiger partial charge in [-0.05, 0) is 50.5 Å². The second-order valence-corrected chi connectivity index (χ2v) is 5.76. The number of hydrogen-bond donors (Lipinski definition) is 0. The van der Waals surface area contributed by atoms with E-state index in [9.17, 15) is 9.59 Å². The minimum atomic E-state index is -0.483. The number of methoxy groups -OCH3 is 1. The highest BCUT2D eigenvalue weighted by atomic mass is 16.6. The van der Waals surface area contributed by atoms with Crippen LogP contribution < -0.4 is 0 Å². The van der Waals surface area contributed by atoms with E-state index < -0.39 is 11.6 Å². The predicted molar refractivity (Wildman–Crippen MR) is 81.9 cm³/mol. The first kappa shape index (κ1) is 17.0. The lowest BCUT2D eigenvalue weighted by atomic mass is 10.0. The number of benzene rings is 1. The summed E-state index contributed by atoms with van der Waals surface area (Å²) in [4.78, 5) is 23.2. The van der Waals surface area contributed by atoms with Gasteiger partial charge in [0.2, 0.25) is 0 Å². The smallest absolute Gasteiger partial charge is 0.337 e. The van der Waals surface area contributed by atoms with Crippen molar-refractivity contribution < 1.29 is 19.1 Å². The third-order valence-corrected chi connectivity index (χ3v) is 2.74. The average molecular weight is 290 g/mol. The summed E-state index contributed by atoms with van der Waals surface area (Å²) < 4.78 is 9.93. The Morgan fingerprint density at radius 1 is 1.14 bits per heavy atom. The van der Waals surface area contributed by atoms with Crippen LogP contribution in [0.15, 0.2) is 30.8 Å². The lowest BCUT2D eigenvalue weighted by molar-refractivity contribution is -0.154. The second kappa shape index (κ2) is 7.07. The molecule has 0 radical (unpaired) electrons. The zero-order valence-corrected chi connectivity index (χ0v) is 13.1. The molecule has 0 bridgehead atoms. The van der Waals surface area contributed by atoms with Gasteiger partial charge in [0.05, 0.1) is 12.7 Å². The van der Waals surface area contributed by atoms with Crippen molar-refractivity contribution in [3.05, 3.63) is 42.0 Å². The second-order valence-electron chi connectivity index (χ2n) is 5.76. The predicted octanol–water partition coefficient (Wildman–Crippen LogP) is 3.61. The fourth-order valence-corrected chi connectivity index (χ4v) is 1.77. The Labute approximate surface area is 125 Å². The summed E-state index contributed by atoms with van der Waals surface area (Å²) in [5.74, 6) is -0.649. The highest BCUT2D eigenvalue weighted by molar-refractivity contribution is 5.90. The molecule has 1 aromatic rings. The average Bonchev–Trinajstić information content (AvgIpc) is 2.42. The first-order valence-corrected chi connectivity index (χ1v) is 6.81. The van der Waals surface area contributed by atoms with Gasteiger partial charge in [0.15, 0.2) is 0 Å². The van der Waals surface area contributed by atoms with E-state index in [1.165, 1.54) is 7.11 Å². The van der Waals surface area contributed by atoms with Gasteiger partial charge in [0.1, 0.15) is 5.60 Å². The van der Waals surface area contributed by atoms with Crippen LogP contribution in [0, 0.1) is 0 Å². The molecule has 0 spiro atoms. The summed E-state index contributed by atoms with van der Waals surface area (Å²) >= 11 is 0. The molecule has 4 heteroatoms. The van der Waals surface area contributed by atoms with Crippen molar-refractivity contribution in [3.63, 3.8) is 0 Å². The zero-order chi connectivity index (χ0) is 16.0. The fourth-order valence-electron chi connectivity index (χ4n) is 1.77. The van der Waals surface area contributed by atoms with Gasteiger partial charge in [-0.2, -0.15) is 0 Å². The van der Waals surface area contributed by atoms with Crippen LogP contribution in [0.2, 0.25) is 0 Å². The van der Waals surface area contributed by atoms with Crippen LogP contribution in [0.3, 0.4) is 0 Å². The number of carbonyl (C=O) groups is 2. The van der Waals surface area contributed by atoms with Gasteiger partial charge in [0.25, 0.3) is 0 Å². The molecule has 114 valence electrons. The SMILES string of the molecule is C=C(CCC(=O)OC(C)(C)C)c1cccc(C(=O)OC)c1. The van der Waals surface area contributed by atoms with Crippen LogP contribution in [-0.2, 0) is 14.3 Å². The minimum Gasteiger partial charge on any atom is -0.465 e. The molecule has 0 unspecified atom stereocenters. The van der Waals surface area contributed by atoms with Crippen LogP contribution in [0.4, 0.5) is 0 Å². The summed E-state index contributed by atoms with van der Waals surface area (Å²) in [7, 11) is 1.34. The molecule has 1 aromatic carbocycles. The summed E-state index contributed by atoms with van der Waals surface area (Å²) in [6.07, 6.45) is 0.748. The van der Waals surface area contributed by atoms with Crippen molar-refractivity contribution in [2.45, 2.75) is 39.2 Å². The molecule has 0 N–H and O–H groups in total. The topological polar surface area (TPSA) is 52.6 Å². The monoisotopic (exact) mass is 290 g/mol. The molecule has 21 heavy (non-hydrogen) atoms. The van der Waals surface area contributed by atoms with E-state index in [1.54, 1.807) is 18.2 Å². The van der Waals surface area contributed by atoms with Crippen molar-refractivity contribution in [1.29, 1.82) is 0 Å². The number of esters is 2. The highest BCUT2D eigenvalue weighted by Gasteiger charge is 2.16. The van der Waals surface area contributed by atoms with Gasteiger partial charge in [0, 0.05) is 6.42 Å². The Morgan fingerprint density at radius 3 is 2.33 bits per heavy atom. The number of hydrogen-bond acceptors (Lipinski definition) is 4. The van der Waals surface area contributed by atoms with Gasteiger partial charge in [-0.25, -0.2) is 4.79 Å². The normalized spacial score (nSPS) is 10.9. The Kier molecular flexibility index (Phi) is 5.70. The van der Waals surface area contributed by atoms with Crippen LogP contribution in [0.25, 0.3) is 5.57 Å². The number of rotatable bonds is 5. The van der Waals surface area contributed by atoms with E-state index in [1.807, 2.05) is 26.8 Å². The summed E-state index contributed by atoms with van der Waals surface area (Å²) in [5, 5.41) is 0. The molecule has 0 atom stereocenters. The molecule has 0 aliphatic carbocycles. The van der Waals surface area contributed by atoms with E-state index in [4.69, 9.17) is 4.74 Å². The van der Waals surface area contributed by atoms with Crippen LogP contribution in [0.5, 0.6) is 0 Å². The highest BCUT2D eigenvalue weighted by Crippen LogP contribution is 2.20. The van der Waals surface area contributed by atoms with Crippen molar-refractivity contribution in [1.82, 2.24) is 0 Å². The number of ether oxygens (including phenoxy) is 2. The maximum Gasteiger partial charge on any atom is 0.337 e. The molecule has 0 saturated heterocycles. The van der Waals surface area contributed by atoms with Crippen molar-refractivity contribution in [2.75, 3.05) is 7.11 Å². The molecule has 0 amide bonds. The lowest BCUT2D eigenvalue weighted by Gasteiger charge is -2.19. The molecule has 0 fully saturated rings. The number of allylic oxidation sites excluding steroid dienone is 1. The molecule has 0 aliphatic rings. The van der Waals surface area contributed by atoms with Crippen LogP contribution in [0.1, 0.15) is 49.5 Å². The lowest BCUT2D eigenvalue weighted by Crippen LogP contribution is -2.23. The Hall–Kier alpha value is -2.10. The molecule has 0 aromatic heterocycles. The molecule has 1 rings (SSSR count). The van der Waals surface area contributed by atoms with E-state index in [0.29, 0.717) is 12.0 Å². The third-order valence-electron chi connectivity index (χ3n) is 2.74. The summed E-state index contributed by atoms with van der Waals surface area (Å²) in [5.41, 5.74) is 1.59. The van der Waals surface area contributed by atoms with Crippen molar-refractivity contribution in [3.8, 4) is 0 Å². The Bertz CT molecular complexity index is 538. The number of carbonyl (C=O) groups excluding carboxylic acids is 2. The van der Waals surface area contributed by atoms with Crippen LogP contribution >= 0.6 is 0 Å². The first-order chi connectivity index (χ1) is 9.73. The third kappa shape index (κ3) is 5.81. The maximum atomic E-state index is 11.7. The van der Waals surface area contributed by atoms with Gasteiger partial charge < -0.3 is 9.47 Å². The maximum absolute atomic E-state index is 11.7. The Morgan fingerprint density at radius 2 is 1.76 bits per heavy atom. The van der Waals surface area contributed by atoms with Crippen molar-refractivity contribution in [2.24, 2.45) is 0 Å². The van der Waals surface area contributed by atoms with E-state index in [2.05, 4.69) is 11.3 Å². The first-order valence-electron chi connectivity index (χ1n) is 6.81. The zero-order valence-electron chi connectivity index (χ0n) is 13.1. The molecule has 4 nitrogen and oxygen atoms in total. The molecular weight excluding hydrogens is 268 g/mol. The van der Waals surface area contributed by atoms with Gasteiger partial charge >= 0.3 is 11.9 Å². The minimum absolute atomic E-state index is 0.257. The summed E-state index contributed by atoms with van der Waals surface area (Å²) in [6.45, 7) is 9.46. The standard InChI is InChI=1S/C17H22O4/c1-12(9-10-15(18)21-17(2,3)4)13-7-6-8-14(11-13)16(19)20-5/h6-8,11H,1,9-10H2,2-5H3.